The van der Waals surface area contributed by atoms with Crippen LogP contribution in [0.3, 0.4) is 0 Å². The van der Waals surface area contributed by atoms with E-state index in [1.807, 2.05) is 0 Å². The summed E-state index contributed by atoms with van der Waals surface area (Å²) in [5.74, 6) is 0.0903. The number of anilines is 1. The van der Waals surface area contributed by atoms with Crippen LogP contribution >= 0.6 is 0 Å². The quantitative estimate of drug-likeness (QED) is 0.586. The average molecular weight is 253 g/mol. The molecule has 0 atom stereocenters. The molecule has 1 rings (SSSR count). The van der Waals surface area contributed by atoms with Crippen molar-refractivity contribution >= 4 is 17.3 Å². The largest absolute Gasteiger partial charge is 0.496 e. The van der Waals surface area contributed by atoms with Gasteiger partial charge in [0.15, 0.2) is 0 Å². The molecule has 0 heterocycles. The van der Waals surface area contributed by atoms with Crippen molar-refractivity contribution in [2.45, 2.75) is 6.42 Å². The molecule has 0 spiro atoms. The van der Waals surface area contributed by atoms with Gasteiger partial charge in [-0.2, -0.15) is 0 Å². The highest BCUT2D eigenvalue weighted by Gasteiger charge is 2.16. The molecule has 7 heteroatoms. The predicted molar refractivity (Wildman–Crippen MR) is 66.8 cm³/mol. The van der Waals surface area contributed by atoms with E-state index in [2.05, 4.69) is 10.6 Å². The summed E-state index contributed by atoms with van der Waals surface area (Å²) < 4.78 is 4.90. The third kappa shape index (κ3) is 3.70. The predicted octanol–water partition coefficient (Wildman–Crippen LogP) is 1.15. The molecule has 0 aliphatic rings. The number of nitro benzene ring substituents is 1. The van der Waals surface area contributed by atoms with Gasteiger partial charge in [0.25, 0.3) is 5.69 Å². The molecule has 0 radical (unpaired) electrons. The summed E-state index contributed by atoms with van der Waals surface area (Å²) in [7, 11) is 3.15. The second-order valence-electron chi connectivity index (χ2n) is 3.54. The molecule has 0 aliphatic heterocycles. The Hall–Kier alpha value is -2.15. The smallest absolute Gasteiger partial charge is 0.296 e. The van der Waals surface area contributed by atoms with Crippen molar-refractivity contribution in [1.29, 1.82) is 0 Å². The lowest BCUT2D eigenvalue weighted by atomic mass is 10.2. The van der Waals surface area contributed by atoms with Gasteiger partial charge in [0.2, 0.25) is 5.91 Å². The molecule has 0 unspecified atom stereocenters. The summed E-state index contributed by atoms with van der Waals surface area (Å²) in [4.78, 5) is 21.8. The first-order valence-electron chi connectivity index (χ1n) is 5.35. The number of hydrogen-bond donors (Lipinski definition) is 2. The number of rotatable bonds is 6. The number of nitrogens with one attached hydrogen (secondary N) is 2. The molecule has 1 aromatic carbocycles. The van der Waals surface area contributed by atoms with Crippen molar-refractivity contribution in [3.63, 3.8) is 0 Å². The normalized spacial score (nSPS) is 9.89. The highest BCUT2D eigenvalue weighted by atomic mass is 16.6. The first kappa shape index (κ1) is 13.9. The Morgan fingerprint density at radius 3 is 2.78 bits per heavy atom. The van der Waals surface area contributed by atoms with Gasteiger partial charge in [0.05, 0.1) is 18.1 Å². The Morgan fingerprint density at radius 2 is 2.22 bits per heavy atom. The SMILES string of the molecule is CNCCC(=O)Nc1ccc(OC)cc1[N+](=O)[O-]. The summed E-state index contributed by atoms with van der Waals surface area (Å²) in [6, 6.07) is 4.28. The standard InChI is InChI=1S/C11H15N3O4/c1-12-6-5-11(15)13-9-4-3-8(18-2)7-10(9)14(16)17/h3-4,7,12H,5-6H2,1-2H3,(H,13,15). The maximum atomic E-state index is 11.5. The van der Waals surface area contributed by atoms with Crippen molar-refractivity contribution in [3.8, 4) is 5.75 Å². The van der Waals surface area contributed by atoms with Gasteiger partial charge >= 0.3 is 0 Å². The lowest BCUT2D eigenvalue weighted by molar-refractivity contribution is -0.384. The van der Waals surface area contributed by atoms with Gasteiger partial charge in [-0.05, 0) is 19.2 Å². The van der Waals surface area contributed by atoms with E-state index in [0.717, 1.165) is 0 Å². The van der Waals surface area contributed by atoms with Crippen molar-refractivity contribution in [2.75, 3.05) is 26.0 Å². The molecule has 2 N–H and O–H groups in total. The van der Waals surface area contributed by atoms with Crippen LogP contribution < -0.4 is 15.4 Å². The number of methoxy groups -OCH3 is 1. The summed E-state index contributed by atoms with van der Waals surface area (Å²) in [5, 5.41) is 16.2. The van der Waals surface area contributed by atoms with Crippen LogP contribution in [0.25, 0.3) is 0 Å². The topological polar surface area (TPSA) is 93.5 Å². The van der Waals surface area contributed by atoms with Crippen LogP contribution in [0.4, 0.5) is 11.4 Å². The van der Waals surface area contributed by atoms with Gasteiger partial charge < -0.3 is 15.4 Å². The molecule has 1 aromatic rings. The second kappa shape index (κ2) is 6.55. The number of amides is 1. The van der Waals surface area contributed by atoms with Crippen LogP contribution in [0.5, 0.6) is 5.75 Å². The van der Waals surface area contributed by atoms with E-state index in [1.54, 1.807) is 13.1 Å². The number of hydrogen-bond acceptors (Lipinski definition) is 5. The molecule has 0 aromatic heterocycles. The fourth-order valence-electron chi connectivity index (χ4n) is 1.35. The first-order valence-corrected chi connectivity index (χ1v) is 5.35. The Labute approximate surface area is 104 Å². The Morgan fingerprint density at radius 1 is 1.50 bits per heavy atom. The molecule has 0 fully saturated rings. The van der Waals surface area contributed by atoms with Gasteiger partial charge in [0, 0.05) is 13.0 Å². The molecular weight excluding hydrogens is 238 g/mol. The summed E-state index contributed by atoms with van der Waals surface area (Å²) in [6.07, 6.45) is 0.250. The highest BCUT2D eigenvalue weighted by molar-refractivity contribution is 5.93. The zero-order valence-electron chi connectivity index (χ0n) is 10.2. The Kier molecular flexibility index (Phi) is 5.06. The summed E-state index contributed by atoms with van der Waals surface area (Å²) >= 11 is 0. The monoisotopic (exact) mass is 253 g/mol. The van der Waals surface area contributed by atoms with Gasteiger partial charge in [-0.1, -0.05) is 0 Å². The zero-order chi connectivity index (χ0) is 13.5. The third-order valence-electron chi connectivity index (χ3n) is 2.28. The second-order valence-corrected chi connectivity index (χ2v) is 3.54. The van der Waals surface area contributed by atoms with E-state index in [9.17, 15) is 14.9 Å². The molecule has 0 aliphatic carbocycles. The number of carbonyl (C=O) groups excluding carboxylic acids is 1. The molecule has 98 valence electrons. The molecule has 0 saturated heterocycles. The molecule has 0 saturated carbocycles. The van der Waals surface area contributed by atoms with Crippen LogP contribution in [0.1, 0.15) is 6.42 Å². The molecule has 18 heavy (non-hydrogen) atoms. The van der Waals surface area contributed by atoms with Gasteiger partial charge in [0.1, 0.15) is 11.4 Å². The van der Waals surface area contributed by atoms with Gasteiger partial charge in [-0.25, -0.2) is 0 Å². The molecule has 1 amide bonds. The number of benzene rings is 1. The summed E-state index contributed by atoms with van der Waals surface area (Å²) in [6.45, 7) is 0.510. The van der Waals surface area contributed by atoms with Crippen LogP contribution in [-0.2, 0) is 4.79 Å². The first-order chi connectivity index (χ1) is 8.58. The van der Waals surface area contributed by atoms with Gasteiger partial charge in [-0.3, -0.25) is 14.9 Å². The fraction of sp³-hybridized carbons (Fsp3) is 0.364. The number of carbonyl (C=O) groups is 1. The minimum absolute atomic E-state index is 0.168. The minimum Gasteiger partial charge on any atom is -0.496 e. The van der Waals surface area contributed by atoms with Crippen LogP contribution in [0, 0.1) is 10.1 Å². The van der Waals surface area contributed by atoms with Crippen molar-refractivity contribution in [1.82, 2.24) is 5.32 Å². The van der Waals surface area contributed by atoms with E-state index in [0.29, 0.717) is 12.3 Å². The minimum atomic E-state index is -0.559. The molecule has 0 bridgehead atoms. The Balaban J connectivity index is 2.87. The average Bonchev–Trinajstić information content (AvgIpc) is 2.36. The van der Waals surface area contributed by atoms with E-state index >= 15 is 0 Å². The number of nitrogens with zero attached hydrogens (tertiary/aromatic N) is 1. The van der Waals surface area contributed by atoms with Gasteiger partial charge in [-0.15, -0.1) is 0 Å². The number of nitro groups is 1. The highest BCUT2D eigenvalue weighted by Crippen LogP contribution is 2.28. The van der Waals surface area contributed by atoms with E-state index in [1.165, 1.54) is 19.2 Å². The van der Waals surface area contributed by atoms with Crippen LogP contribution in [-0.4, -0.2) is 31.5 Å². The summed E-state index contributed by atoms with van der Waals surface area (Å²) in [5.41, 5.74) is -0.0194. The fourth-order valence-corrected chi connectivity index (χ4v) is 1.35. The van der Waals surface area contributed by atoms with Crippen molar-refractivity contribution in [3.05, 3.63) is 28.3 Å². The van der Waals surface area contributed by atoms with Crippen LogP contribution in [0.2, 0.25) is 0 Å². The maximum absolute atomic E-state index is 11.5. The van der Waals surface area contributed by atoms with E-state index in [4.69, 9.17) is 4.74 Å². The van der Waals surface area contributed by atoms with Crippen molar-refractivity contribution < 1.29 is 14.5 Å². The van der Waals surface area contributed by atoms with E-state index < -0.39 is 4.92 Å². The van der Waals surface area contributed by atoms with E-state index in [-0.39, 0.29) is 23.7 Å². The molecular formula is C11H15N3O4. The lowest BCUT2D eigenvalue weighted by Crippen LogP contribution is -2.19. The zero-order valence-corrected chi connectivity index (χ0v) is 10.2. The Bertz CT molecular complexity index is 448. The lowest BCUT2D eigenvalue weighted by Gasteiger charge is -2.07. The molecule has 7 nitrogen and oxygen atoms in total. The van der Waals surface area contributed by atoms with Crippen LogP contribution in [0.15, 0.2) is 18.2 Å². The maximum Gasteiger partial charge on any atom is 0.296 e. The van der Waals surface area contributed by atoms with Crippen molar-refractivity contribution in [2.24, 2.45) is 0 Å². The number of ether oxygens (including phenoxy) is 1. The third-order valence-corrected chi connectivity index (χ3v) is 2.28.